The van der Waals surface area contributed by atoms with Gasteiger partial charge < -0.3 is 15.0 Å². The van der Waals surface area contributed by atoms with Crippen molar-refractivity contribution in [3.8, 4) is 5.75 Å². The summed E-state index contributed by atoms with van der Waals surface area (Å²) in [6.45, 7) is 7.67. The minimum atomic E-state index is -3.77. The molecule has 8 nitrogen and oxygen atoms in total. The van der Waals surface area contributed by atoms with Crippen LogP contribution in [0.5, 0.6) is 5.75 Å². The molecule has 0 saturated heterocycles. The molecule has 0 spiro atoms. The van der Waals surface area contributed by atoms with Crippen molar-refractivity contribution in [3.05, 3.63) is 59.7 Å². The van der Waals surface area contributed by atoms with Crippen molar-refractivity contribution in [3.63, 3.8) is 0 Å². The summed E-state index contributed by atoms with van der Waals surface area (Å²) in [5.74, 6) is -0.0139. The number of carbonyl (C=O) groups is 2. The standard InChI is InChI=1S/C29H41N3O5S/c1-21(28(34)30-24-9-7-8-10-24)31(19-22-11-17-26(37-5)18-12-22)27(33)20-32(38(6,35)36)25-15-13-23(14-16-25)29(2,3)4/h11-18,21,24H,7-10,19-20H2,1-6H3,(H,30,34)/t21-/m0/s1. The molecular formula is C29H41N3O5S. The average Bonchev–Trinajstić information content (AvgIpc) is 3.37. The Labute approximate surface area is 227 Å². The average molecular weight is 544 g/mol. The van der Waals surface area contributed by atoms with E-state index in [1.54, 1.807) is 38.3 Å². The number of amides is 2. The van der Waals surface area contributed by atoms with Gasteiger partial charge in [-0.3, -0.25) is 13.9 Å². The van der Waals surface area contributed by atoms with Crippen molar-refractivity contribution in [2.45, 2.75) is 77.4 Å². The lowest BCUT2D eigenvalue weighted by Gasteiger charge is -2.32. The Bertz CT molecular complexity index is 1200. The van der Waals surface area contributed by atoms with Crippen LogP contribution in [0.2, 0.25) is 0 Å². The normalized spacial score (nSPS) is 15.1. The summed E-state index contributed by atoms with van der Waals surface area (Å²) in [6, 6.07) is 13.8. The van der Waals surface area contributed by atoms with Gasteiger partial charge in [0.1, 0.15) is 18.3 Å². The molecule has 1 atom stereocenters. The van der Waals surface area contributed by atoms with E-state index >= 15 is 0 Å². The first kappa shape index (κ1) is 29.5. The monoisotopic (exact) mass is 543 g/mol. The van der Waals surface area contributed by atoms with E-state index in [0.717, 1.165) is 47.4 Å². The zero-order valence-corrected chi connectivity index (χ0v) is 24.2. The SMILES string of the molecule is COc1ccc(CN(C(=O)CN(c2ccc(C(C)(C)C)cc2)S(C)(=O)=O)[C@@H](C)C(=O)NC2CCCC2)cc1. The second kappa shape index (κ2) is 12.2. The Balaban J connectivity index is 1.88. The molecule has 1 N–H and O–H groups in total. The van der Waals surface area contributed by atoms with Crippen LogP contribution in [-0.4, -0.2) is 57.1 Å². The van der Waals surface area contributed by atoms with Gasteiger partial charge in [-0.1, -0.05) is 57.9 Å². The molecule has 2 aromatic carbocycles. The number of ether oxygens (including phenoxy) is 1. The van der Waals surface area contributed by atoms with Crippen molar-refractivity contribution in [2.24, 2.45) is 0 Å². The highest BCUT2D eigenvalue weighted by Crippen LogP contribution is 2.26. The van der Waals surface area contributed by atoms with Gasteiger partial charge in [-0.25, -0.2) is 8.42 Å². The van der Waals surface area contributed by atoms with Crippen LogP contribution in [0.25, 0.3) is 0 Å². The number of rotatable bonds is 10. The molecule has 2 amide bonds. The minimum Gasteiger partial charge on any atom is -0.497 e. The molecule has 0 radical (unpaired) electrons. The lowest BCUT2D eigenvalue weighted by molar-refractivity contribution is -0.139. The highest BCUT2D eigenvalue weighted by atomic mass is 32.2. The third-order valence-electron chi connectivity index (χ3n) is 7.08. The number of hydrogen-bond donors (Lipinski definition) is 1. The number of nitrogens with one attached hydrogen (secondary N) is 1. The van der Waals surface area contributed by atoms with E-state index < -0.39 is 28.5 Å². The fourth-order valence-corrected chi connectivity index (χ4v) is 5.49. The zero-order valence-electron chi connectivity index (χ0n) is 23.4. The van der Waals surface area contributed by atoms with Gasteiger partial charge in [-0.2, -0.15) is 0 Å². The zero-order chi connectivity index (χ0) is 28.1. The Morgan fingerprint density at radius 3 is 2.11 bits per heavy atom. The summed E-state index contributed by atoms with van der Waals surface area (Å²) in [4.78, 5) is 28.3. The third kappa shape index (κ3) is 7.72. The van der Waals surface area contributed by atoms with E-state index in [1.165, 1.54) is 4.90 Å². The van der Waals surface area contributed by atoms with E-state index in [9.17, 15) is 18.0 Å². The van der Waals surface area contributed by atoms with Gasteiger partial charge in [0.05, 0.1) is 19.1 Å². The molecule has 2 aromatic rings. The molecule has 1 fully saturated rings. The minimum absolute atomic E-state index is 0.0957. The lowest BCUT2D eigenvalue weighted by Crippen LogP contribution is -2.52. The van der Waals surface area contributed by atoms with Crippen molar-refractivity contribution < 1.29 is 22.7 Å². The van der Waals surface area contributed by atoms with Crippen LogP contribution in [-0.2, 0) is 31.6 Å². The van der Waals surface area contributed by atoms with Gasteiger partial charge in [-0.05, 0) is 60.6 Å². The largest absolute Gasteiger partial charge is 0.497 e. The summed E-state index contributed by atoms with van der Waals surface area (Å²) in [5, 5.41) is 3.07. The molecule has 1 aliphatic rings. The predicted octanol–water partition coefficient (Wildman–Crippen LogP) is 4.23. The van der Waals surface area contributed by atoms with Crippen molar-refractivity contribution in [1.29, 1.82) is 0 Å². The number of hydrogen-bond acceptors (Lipinski definition) is 5. The van der Waals surface area contributed by atoms with Crippen LogP contribution < -0.4 is 14.4 Å². The number of methoxy groups -OCH3 is 1. The molecule has 38 heavy (non-hydrogen) atoms. The van der Waals surface area contributed by atoms with Crippen molar-refractivity contribution >= 4 is 27.5 Å². The Hall–Kier alpha value is -3.07. The van der Waals surface area contributed by atoms with E-state index in [1.807, 2.05) is 24.3 Å². The first-order valence-corrected chi connectivity index (χ1v) is 15.0. The lowest BCUT2D eigenvalue weighted by atomic mass is 9.87. The maximum absolute atomic E-state index is 13.7. The highest BCUT2D eigenvalue weighted by Gasteiger charge is 2.31. The van der Waals surface area contributed by atoms with Crippen molar-refractivity contribution in [2.75, 3.05) is 24.2 Å². The molecule has 208 valence electrons. The van der Waals surface area contributed by atoms with Gasteiger partial charge in [0.25, 0.3) is 0 Å². The van der Waals surface area contributed by atoms with Crippen LogP contribution in [0.1, 0.15) is 64.5 Å². The fourth-order valence-electron chi connectivity index (χ4n) is 4.64. The third-order valence-corrected chi connectivity index (χ3v) is 8.22. The molecule has 0 bridgehead atoms. The van der Waals surface area contributed by atoms with Crippen LogP contribution in [0, 0.1) is 0 Å². The maximum Gasteiger partial charge on any atom is 0.244 e. The quantitative estimate of drug-likeness (QED) is 0.484. The summed E-state index contributed by atoms with van der Waals surface area (Å²) in [7, 11) is -2.20. The van der Waals surface area contributed by atoms with E-state index in [0.29, 0.717) is 11.4 Å². The number of sulfonamides is 1. The second-order valence-electron chi connectivity index (χ2n) is 11.1. The summed E-state index contributed by atoms with van der Waals surface area (Å²) in [5.41, 5.74) is 2.17. The molecular weight excluding hydrogens is 502 g/mol. The summed E-state index contributed by atoms with van der Waals surface area (Å²) < 4.78 is 31.9. The van der Waals surface area contributed by atoms with E-state index in [2.05, 4.69) is 26.1 Å². The molecule has 1 saturated carbocycles. The van der Waals surface area contributed by atoms with E-state index in [-0.39, 0.29) is 23.9 Å². The molecule has 0 aliphatic heterocycles. The van der Waals surface area contributed by atoms with Crippen LogP contribution in [0.3, 0.4) is 0 Å². The van der Waals surface area contributed by atoms with Crippen molar-refractivity contribution in [1.82, 2.24) is 10.2 Å². The molecule has 0 aromatic heterocycles. The molecule has 0 heterocycles. The first-order valence-electron chi connectivity index (χ1n) is 13.1. The number of carbonyl (C=O) groups excluding carboxylic acids is 2. The smallest absolute Gasteiger partial charge is 0.244 e. The summed E-state index contributed by atoms with van der Waals surface area (Å²) in [6.07, 6.45) is 5.09. The second-order valence-corrected chi connectivity index (χ2v) is 13.0. The molecule has 0 unspecified atom stereocenters. The number of anilines is 1. The maximum atomic E-state index is 13.7. The molecule has 3 rings (SSSR count). The fraction of sp³-hybridized carbons (Fsp3) is 0.517. The topological polar surface area (TPSA) is 96.0 Å². The van der Waals surface area contributed by atoms with Gasteiger partial charge in [-0.15, -0.1) is 0 Å². The Kier molecular flexibility index (Phi) is 9.46. The number of nitrogens with zero attached hydrogens (tertiary/aromatic N) is 2. The summed E-state index contributed by atoms with van der Waals surface area (Å²) >= 11 is 0. The van der Waals surface area contributed by atoms with Gasteiger partial charge in [0.2, 0.25) is 21.8 Å². The molecule has 9 heteroatoms. The van der Waals surface area contributed by atoms with E-state index in [4.69, 9.17) is 4.74 Å². The first-order chi connectivity index (χ1) is 17.8. The predicted molar refractivity (Wildman–Crippen MR) is 151 cm³/mol. The van der Waals surface area contributed by atoms with Gasteiger partial charge >= 0.3 is 0 Å². The van der Waals surface area contributed by atoms with Gasteiger partial charge in [0.15, 0.2) is 0 Å². The van der Waals surface area contributed by atoms with Gasteiger partial charge in [0, 0.05) is 12.6 Å². The van der Waals surface area contributed by atoms with Crippen LogP contribution in [0.15, 0.2) is 48.5 Å². The Morgan fingerprint density at radius 2 is 1.61 bits per heavy atom. The van der Waals surface area contributed by atoms with Crippen LogP contribution >= 0.6 is 0 Å². The highest BCUT2D eigenvalue weighted by molar-refractivity contribution is 7.92. The number of benzene rings is 2. The Morgan fingerprint density at radius 1 is 1.03 bits per heavy atom. The van der Waals surface area contributed by atoms with Crippen LogP contribution in [0.4, 0.5) is 5.69 Å². The molecule has 1 aliphatic carbocycles.